The van der Waals surface area contributed by atoms with Gasteiger partial charge in [-0.1, -0.05) is 32.6 Å². The molecule has 112 valence electrons. The average molecular weight is 277 g/mol. The van der Waals surface area contributed by atoms with Crippen molar-refractivity contribution in [2.45, 2.75) is 64.0 Å². The van der Waals surface area contributed by atoms with Crippen LogP contribution in [0.25, 0.3) is 0 Å². The van der Waals surface area contributed by atoms with Gasteiger partial charge in [-0.05, 0) is 19.4 Å². The number of rotatable bonds is 4. The third-order valence-corrected chi connectivity index (χ3v) is 5.23. The van der Waals surface area contributed by atoms with E-state index in [2.05, 4.69) is 17.3 Å². The lowest BCUT2D eigenvalue weighted by atomic mass is 9.57. The highest BCUT2D eigenvalue weighted by Crippen LogP contribution is 2.52. The van der Waals surface area contributed by atoms with E-state index in [1.54, 1.807) is 0 Å². The van der Waals surface area contributed by atoms with Gasteiger partial charge in [-0.3, -0.25) is 4.68 Å². The fourth-order valence-electron chi connectivity index (χ4n) is 4.13. The number of aryl methyl sites for hydroxylation is 1. The van der Waals surface area contributed by atoms with E-state index in [-0.39, 0.29) is 0 Å². The molecule has 4 nitrogen and oxygen atoms in total. The largest absolute Gasteiger partial charge is 0.486 e. The number of hydrogen-bond acceptors (Lipinski definition) is 3. The molecular formula is C16H27N3O. The summed E-state index contributed by atoms with van der Waals surface area (Å²) >= 11 is 0. The summed E-state index contributed by atoms with van der Waals surface area (Å²) in [5.41, 5.74) is 0.363. The fourth-order valence-corrected chi connectivity index (χ4v) is 4.13. The molecule has 0 aliphatic heterocycles. The molecule has 0 radical (unpaired) electrons. The molecule has 2 aliphatic carbocycles. The summed E-state index contributed by atoms with van der Waals surface area (Å²) in [6, 6.07) is 0.646. The first-order valence-corrected chi connectivity index (χ1v) is 8.13. The molecule has 1 aromatic heterocycles. The highest BCUT2D eigenvalue weighted by molar-refractivity contribution is 5.17. The summed E-state index contributed by atoms with van der Waals surface area (Å²) in [6.45, 7) is 3.27. The number of hydrogen-bond donors (Lipinski definition) is 1. The lowest BCUT2D eigenvalue weighted by molar-refractivity contribution is -0.0900. The predicted molar refractivity (Wildman–Crippen MR) is 79.8 cm³/mol. The third-order valence-electron chi connectivity index (χ3n) is 5.23. The van der Waals surface area contributed by atoms with Crippen LogP contribution in [-0.2, 0) is 7.05 Å². The van der Waals surface area contributed by atoms with Gasteiger partial charge in [-0.2, -0.15) is 5.10 Å². The summed E-state index contributed by atoms with van der Waals surface area (Å²) in [5.74, 6) is 0.927. The van der Waals surface area contributed by atoms with Gasteiger partial charge < -0.3 is 10.1 Å². The quantitative estimate of drug-likeness (QED) is 0.920. The van der Waals surface area contributed by atoms with Gasteiger partial charge in [0.1, 0.15) is 6.10 Å². The van der Waals surface area contributed by atoms with Crippen molar-refractivity contribution < 1.29 is 4.74 Å². The summed E-state index contributed by atoms with van der Waals surface area (Å²) < 4.78 is 8.09. The SMILES string of the molecule is CCNC1CC(Oc2cnn(C)c2)C12CCCCCC2. The number of aromatic nitrogens is 2. The van der Waals surface area contributed by atoms with E-state index >= 15 is 0 Å². The van der Waals surface area contributed by atoms with Crippen molar-refractivity contribution in [1.29, 1.82) is 0 Å². The third kappa shape index (κ3) is 2.46. The van der Waals surface area contributed by atoms with Gasteiger partial charge >= 0.3 is 0 Å². The maximum atomic E-state index is 6.27. The Morgan fingerprint density at radius 2 is 2.10 bits per heavy atom. The van der Waals surface area contributed by atoms with Crippen molar-refractivity contribution >= 4 is 0 Å². The Hall–Kier alpha value is -1.03. The molecule has 2 fully saturated rings. The summed E-state index contributed by atoms with van der Waals surface area (Å²) in [4.78, 5) is 0. The molecule has 2 atom stereocenters. The topological polar surface area (TPSA) is 39.1 Å². The molecule has 2 aliphatic rings. The Labute approximate surface area is 121 Å². The highest BCUT2D eigenvalue weighted by atomic mass is 16.5. The van der Waals surface area contributed by atoms with Crippen LogP contribution in [0.3, 0.4) is 0 Å². The van der Waals surface area contributed by atoms with Crippen LogP contribution in [0, 0.1) is 5.41 Å². The first kappa shape index (κ1) is 13.9. The van der Waals surface area contributed by atoms with Crippen LogP contribution in [0.5, 0.6) is 5.75 Å². The van der Waals surface area contributed by atoms with Crippen LogP contribution in [0.2, 0.25) is 0 Å². The Morgan fingerprint density at radius 3 is 2.70 bits per heavy atom. The number of ether oxygens (including phenoxy) is 1. The molecule has 3 rings (SSSR count). The molecule has 1 N–H and O–H groups in total. The Balaban J connectivity index is 1.73. The molecule has 0 bridgehead atoms. The standard InChI is InChI=1S/C16H27N3O/c1-3-17-14-10-15(20-13-11-18-19(2)12-13)16(14)8-6-4-5-7-9-16/h11-12,14-15,17H,3-10H2,1-2H3. The Bertz CT molecular complexity index is 435. The minimum Gasteiger partial charge on any atom is -0.486 e. The maximum absolute atomic E-state index is 6.27. The lowest BCUT2D eigenvalue weighted by Gasteiger charge is -2.55. The lowest BCUT2D eigenvalue weighted by Crippen LogP contribution is -2.64. The van der Waals surface area contributed by atoms with Gasteiger partial charge in [0.15, 0.2) is 5.75 Å². The van der Waals surface area contributed by atoms with E-state index in [9.17, 15) is 0 Å². The monoisotopic (exact) mass is 277 g/mol. The smallest absolute Gasteiger partial charge is 0.157 e. The van der Waals surface area contributed by atoms with Gasteiger partial charge in [-0.25, -0.2) is 0 Å². The zero-order valence-corrected chi connectivity index (χ0v) is 12.8. The molecule has 2 saturated carbocycles. The van der Waals surface area contributed by atoms with Crippen molar-refractivity contribution in [2.24, 2.45) is 12.5 Å². The number of nitrogens with zero attached hydrogens (tertiary/aromatic N) is 2. The van der Waals surface area contributed by atoms with Crippen molar-refractivity contribution in [3.05, 3.63) is 12.4 Å². The minimum absolute atomic E-state index is 0.363. The van der Waals surface area contributed by atoms with Gasteiger partial charge in [0, 0.05) is 24.9 Å². The fraction of sp³-hybridized carbons (Fsp3) is 0.812. The molecule has 1 heterocycles. The van der Waals surface area contributed by atoms with E-state index < -0.39 is 0 Å². The second kappa shape index (κ2) is 5.76. The first-order chi connectivity index (χ1) is 9.74. The van der Waals surface area contributed by atoms with Crippen LogP contribution in [-0.4, -0.2) is 28.5 Å². The highest BCUT2D eigenvalue weighted by Gasteiger charge is 2.55. The van der Waals surface area contributed by atoms with Gasteiger partial charge in [0.2, 0.25) is 0 Å². The molecule has 0 saturated heterocycles. The average Bonchev–Trinajstić information content (AvgIpc) is 2.69. The van der Waals surface area contributed by atoms with Gasteiger partial charge in [0.25, 0.3) is 0 Å². The summed E-state index contributed by atoms with van der Waals surface area (Å²) in [7, 11) is 1.94. The molecule has 1 aromatic rings. The van der Waals surface area contributed by atoms with Crippen molar-refractivity contribution in [2.75, 3.05) is 6.54 Å². The van der Waals surface area contributed by atoms with Gasteiger partial charge in [0.05, 0.1) is 12.4 Å². The zero-order valence-electron chi connectivity index (χ0n) is 12.8. The van der Waals surface area contributed by atoms with Crippen LogP contribution < -0.4 is 10.1 Å². The first-order valence-electron chi connectivity index (χ1n) is 8.13. The zero-order chi connectivity index (χ0) is 14.0. The van der Waals surface area contributed by atoms with E-state index in [1.165, 1.54) is 38.5 Å². The Morgan fingerprint density at radius 1 is 1.35 bits per heavy atom. The molecule has 0 amide bonds. The van der Waals surface area contributed by atoms with Gasteiger partial charge in [-0.15, -0.1) is 0 Å². The van der Waals surface area contributed by atoms with Crippen LogP contribution in [0.15, 0.2) is 12.4 Å². The van der Waals surface area contributed by atoms with Crippen molar-refractivity contribution in [3.63, 3.8) is 0 Å². The predicted octanol–water partition coefficient (Wildman–Crippen LogP) is 2.89. The Kier molecular flexibility index (Phi) is 4.01. The minimum atomic E-state index is 0.363. The van der Waals surface area contributed by atoms with Crippen molar-refractivity contribution in [1.82, 2.24) is 15.1 Å². The van der Waals surface area contributed by atoms with E-state index in [1.807, 2.05) is 24.1 Å². The molecule has 20 heavy (non-hydrogen) atoms. The molecular weight excluding hydrogens is 250 g/mol. The molecule has 2 unspecified atom stereocenters. The molecule has 1 spiro atoms. The van der Waals surface area contributed by atoms with E-state index in [0.717, 1.165) is 18.7 Å². The second-order valence-corrected chi connectivity index (χ2v) is 6.45. The second-order valence-electron chi connectivity index (χ2n) is 6.45. The van der Waals surface area contributed by atoms with Crippen LogP contribution in [0.4, 0.5) is 0 Å². The van der Waals surface area contributed by atoms with Crippen LogP contribution in [0.1, 0.15) is 51.9 Å². The van der Waals surface area contributed by atoms with Crippen LogP contribution >= 0.6 is 0 Å². The maximum Gasteiger partial charge on any atom is 0.157 e. The molecule has 0 aromatic carbocycles. The summed E-state index contributed by atoms with van der Waals surface area (Å²) in [5, 5.41) is 7.90. The number of nitrogens with one attached hydrogen (secondary N) is 1. The summed E-state index contributed by atoms with van der Waals surface area (Å²) in [6.07, 6.45) is 13.4. The van der Waals surface area contributed by atoms with E-state index in [0.29, 0.717) is 17.6 Å². The van der Waals surface area contributed by atoms with Crippen molar-refractivity contribution in [3.8, 4) is 5.75 Å². The normalized spacial score (nSPS) is 28.9. The molecule has 4 heteroatoms. The van der Waals surface area contributed by atoms with E-state index in [4.69, 9.17) is 4.74 Å².